The number of hydrogen-bond donors (Lipinski definition) is 0. The van der Waals surface area contributed by atoms with Crippen LogP contribution in [0, 0.1) is 0 Å². The van der Waals surface area contributed by atoms with E-state index in [-0.39, 0.29) is 5.91 Å². The second kappa shape index (κ2) is 10.8. The van der Waals surface area contributed by atoms with E-state index in [9.17, 15) is 4.79 Å². The summed E-state index contributed by atoms with van der Waals surface area (Å²) in [6, 6.07) is 14.3. The molecule has 30 heavy (non-hydrogen) atoms. The second-order valence-corrected chi connectivity index (χ2v) is 7.37. The van der Waals surface area contributed by atoms with Crippen LogP contribution in [0.15, 0.2) is 48.5 Å². The second-order valence-electron chi connectivity index (χ2n) is 7.37. The number of methoxy groups -OCH3 is 2. The molecule has 0 atom stereocenters. The fraction of sp³-hybridized carbons (Fsp3) is 0.400. The highest BCUT2D eigenvalue weighted by Crippen LogP contribution is 2.33. The average Bonchev–Trinajstić information content (AvgIpc) is 2.81. The zero-order valence-corrected chi connectivity index (χ0v) is 18.1. The molecule has 1 aliphatic rings. The van der Waals surface area contributed by atoms with Gasteiger partial charge in [0.1, 0.15) is 0 Å². The highest BCUT2D eigenvalue weighted by molar-refractivity contribution is 5.99. The summed E-state index contributed by atoms with van der Waals surface area (Å²) in [7, 11) is 3.23. The molecule has 0 aromatic heterocycles. The fourth-order valence-electron chi connectivity index (χ4n) is 3.57. The standard InChI is InChI=1S/C25H31NO4/c1-4-5-6-19-7-9-20(10-8-19)22(18-25(27)26-13-15-30-16-14-26)21-11-12-23(28-2)24(17-21)29-3/h7-12,17-18H,4-6,13-16H2,1-3H3. The van der Waals surface area contributed by atoms with Crippen molar-refractivity contribution in [3.8, 4) is 11.5 Å². The molecule has 2 aromatic rings. The number of hydrogen-bond acceptors (Lipinski definition) is 4. The minimum atomic E-state index is -0.00172. The number of ether oxygens (including phenoxy) is 3. The average molecular weight is 410 g/mol. The Hall–Kier alpha value is -2.79. The number of morpholine rings is 1. The van der Waals surface area contributed by atoms with Crippen molar-refractivity contribution in [2.75, 3.05) is 40.5 Å². The molecule has 0 bridgehead atoms. The molecule has 0 saturated carbocycles. The lowest BCUT2D eigenvalue weighted by Crippen LogP contribution is -2.39. The first-order valence-corrected chi connectivity index (χ1v) is 10.6. The molecule has 0 spiro atoms. The molecule has 5 nitrogen and oxygen atoms in total. The summed E-state index contributed by atoms with van der Waals surface area (Å²) in [5.74, 6) is 1.30. The van der Waals surface area contributed by atoms with E-state index in [1.54, 1.807) is 20.3 Å². The van der Waals surface area contributed by atoms with Crippen molar-refractivity contribution in [2.24, 2.45) is 0 Å². The van der Waals surface area contributed by atoms with Crippen LogP contribution in [-0.4, -0.2) is 51.3 Å². The molecule has 0 radical (unpaired) electrons. The lowest BCUT2D eigenvalue weighted by Gasteiger charge is -2.26. The van der Waals surface area contributed by atoms with Crippen LogP contribution in [0.1, 0.15) is 36.5 Å². The van der Waals surface area contributed by atoms with Gasteiger partial charge in [-0.05, 0) is 47.2 Å². The van der Waals surface area contributed by atoms with Crippen LogP contribution in [0.3, 0.4) is 0 Å². The highest BCUT2D eigenvalue weighted by Gasteiger charge is 2.18. The first-order valence-electron chi connectivity index (χ1n) is 10.6. The number of benzene rings is 2. The van der Waals surface area contributed by atoms with Gasteiger partial charge < -0.3 is 19.1 Å². The zero-order valence-electron chi connectivity index (χ0n) is 18.1. The van der Waals surface area contributed by atoms with Crippen molar-refractivity contribution in [1.82, 2.24) is 4.90 Å². The van der Waals surface area contributed by atoms with Crippen molar-refractivity contribution in [1.29, 1.82) is 0 Å². The minimum Gasteiger partial charge on any atom is -0.493 e. The molecule has 1 heterocycles. The molecule has 0 N–H and O–H groups in total. The fourth-order valence-corrected chi connectivity index (χ4v) is 3.57. The van der Waals surface area contributed by atoms with Gasteiger partial charge in [0.2, 0.25) is 5.91 Å². The van der Waals surface area contributed by atoms with Crippen molar-refractivity contribution in [3.05, 3.63) is 65.2 Å². The monoisotopic (exact) mass is 409 g/mol. The normalized spacial score (nSPS) is 14.5. The zero-order chi connectivity index (χ0) is 21.3. The molecule has 1 aliphatic heterocycles. The van der Waals surface area contributed by atoms with E-state index < -0.39 is 0 Å². The molecule has 5 heteroatoms. The molecule has 0 aliphatic carbocycles. The van der Waals surface area contributed by atoms with Gasteiger partial charge in [0.05, 0.1) is 27.4 Å². The summed E-state index contributed by atoms with van der Waals surface area (Å²) in [5, 5.41) is 0. The first kappa shape index (κ1) is 21.9. The van der Waals surface area contributed by atoms with Gasteiger partial charge in [0.25, 0.3) is 0 Å². The lowest BCUT2D eigenvalue weighted by atomic mass is 9.95. The molecule has 160 valence electrons. The van der Waals surface area contributed by atoms with Gasteiger partial charge in [-0.25, -0.2) is 0 Å². The largest absolute Gasteiger partial charge is 0.493 e. The number of carbonyl (C=O) groups is 1. The van der Waals surface area contributed by atoms with E-state index >= 15 is 0 Å². The van der Waals surface area contributed by atoms with Crippen LogP contribution in [0.2, 0.25) is 0 Å². The van der Waals surface area contributed by atoms with Crippen LogP contribution in [0.5, 0.6) is 11.5 Å². The van der Waals surface area contributed by atoms with Crippen LogP contribution >= 0.6 is 0 Å². The molecule has 1 amide bonds. The maximum absolute atomic E-state index is 13.0. The third kappa shape index (κ3) is 5.42. The van der Waals surface area contributed by atoms with Gasteiger partial charge in [0, 0.05) is 19.2 Å². The van der Waals surface area contributed by atoms with Crippen LogP contribution < -0.4 is 9.47 Å². The highest BCUT2D eigenvalue weighted by atomic mass is 16.5. The maximum atomic E-state index is 13.0. The Bertz CT molecular complexity index is 867. The van der Waals surface area contributed by atoms with E-state index in [0.29, 0.717) is 37.8 Å². The molecular weight excluding hydrogens is 378 g/mol. The van der Waals surface area contributed by atoms with Gasteiger partial charge in [-0.3, -0.25) is 4.79 Å². The third-order valence-corrected chi connectivity index (χ3v) is 5.37. The molecule has 2 aromatic carbocycles. The molecule has 3 rings (SSSR count). The van der Waals surface area contributed by atoms with Gasteiger partial charge in [-0.15, -0.1) is 0 Å². The van der Waals surface area contributed by atoms with Gasteiger partial charge in [-0.2, -0.15) is 0 Å². The maximum Gasteiger partial charge on any atom is 0.247 e. The van der Waals surface area contributed by atoms with Crippen LogP contribution in [0.4, 0.5) is 0 Å². The van der Waals surface area contributed by atoms with Crippen LogP contribution in [-0.2, 0) is 16.0 Å². The Morgan fingerprint density at radius 3 is 2.30 bits per heavy atom. The van der Waals surface area contributed by atoms with E-state index in [2.05, 4.69) is 31.2 Å². The third-order valence-electron chi connectivity index (χ3n) is 5.37. The SMILES string of the molecule is CCCCc1ccc(C(=CC(=O)N2CCOCC2)c2ccc(OC)c(OC)c2)cc1. The van der Waals surface area contributed by atoms with E-state index in [0.717, 1.165) is 23.1 Å². The number of rotatable bonds is 8. The van der Waals surface area contributed by atoms with Crippen molar-refractivity contribution in [3.63, 3.8) is 0 Å². The predicted molar refractivity (Wildman–Crippen MR) is 119 cm³/mol. The summed E-state index contributed by atoms with van der Waals surface area (Å²) >= 11 is 0. The molecular formula is C25H31NO4. The summed E-state index contributed by atoms with van der Waals surface area (Å²) < 4.78 is 16.2. The minimum absolute atomic E-state index is 0.00172. The number of carbonyl (C=O) groups excluding carboxylic acids is 1. The Morgan fingerprint density at radius 2 is 1.67 bits per heavy atom. The number of aryl methyl sites for hydroxylation is 1. The predicted octanol–water partition coefficient (Wildman–Crippen LogP) is 4.34. The first-order chi connectivity index (χ1) is 14.7. The van der Waals surface area contributed by atoms with Gasteiger partial charge in [0.15, 0.2) is 11.5 Å². The summed E-state index contributed by atoms with van der Waals surface area (Å²) in [4.78, 5) is 14.8. The Morgan fingerprint density at radius 1 is 1.00 bits per heavy atom. The van der Waals surface area contributed by atoms with Crippen molar-refractivity contribution < 1.29 is 19.0 Å². The van der Waals surface area contributed by atoms with Crippen molar-refractivity contribution in [2.45, 2.75) is 26.2 Å². The molecule has 1 saturated heterocycles. The van der Waals surface area contributed by atoms with Crippen LogP contribution in [0.25, 0.3) is 5.57 Å². The number of amides is 1. The Kier molecular flexibility index (Phi) is 7.91. The van der Waals surface area contributed by atoms with E-state index in [4.69, 9.17) is 14.2 Å². The lowest BCUT2D eigenvalue weighted by molar-refractivity contribution is -0.129. The van der Waals surface area contributed by atoms with E-state index in [1.165, 1.54) is 18.4 Å². The summed E-state index contributed by atoms with van der Waals surface area (Å²) in [6.07, 6.45) is 5.15. The van der Waals surface area contributed by atoms with E-state index in [1.807, 2.05) is 23.1 Å². The summed E-state index contributed by atoms with van der Waals surface area (Å²) in [5.41, 5.74) is 4.10. The smallest absolute Gasteiger partial charge is 0.247 e. The Balaban J connectivity index is 1.98. The topological polar surface area (TPSA) is 48.0 Å². The molecule has 1 fully saturated rings. The molecule has 0 unspecified atom stereocenters. The number of unbranched alkanes of at least 4 members (excludes halogenated alkanes) is 1. The quantitative estimate of drug-likeness (QED) is 0.609. The van der Waals surface area contributed by atoms with Gasteiger partial charge >= 0.3 is 0 Å². The Labute approximate surface area is 179 Å². The van der Waals surface area contributed by atoms with Gasteiger partial charge in [-0.1, -0.05) is 43.7 Å². The van der Waals surface area contributed by atoms with Crippen molar-refractivity contribution >= 4 is 11.5 Å². The summed E-state index contributed by atoms with van der Waals surface area (Å²) in [6.45, 7) is 4.59. The number of nitrogens with zero attached hydrogens (tertiary/aromatic N) is 1.